The molecule has 3 atom stereocenters. The smallest absolute Gasteiger partial charge is 0.191 e. The lowest BCUT2D eigenvalue weighted by Crippen LogP contribution is -2.52. The number of aromatic nitrogens is 2. The molecule has 1 aliphatic heterocycles. The van der Waals surface area contributed by atoms with Gasteiger partial charge in [0, 0.05) is 57.6 Å². The number of hydrogen-bond acceptors (Lipinski definition) is 4. The van der Waals surface area contributed by atoms with Gasteiger partial charge in [-0.05, 0) is 39.4 Å². The summed E-state index contributed by atoms with van der Waals surface area (Å²) in [6, 6.07) is 12.0. The molecule has 1 aromatic heterocycles. The molecule has 7 nitrogen and oxygen atoms in total. The Kier molecular flexibility index (Phi) is 7.87. The Balaban J connectivity index is 1.50. The van der Waals surface area contributed by atoms with Crippen LogP contribution in [0, 0.1) is 0 Å². The van der Waals surface area contributed by atoms with Gasteiger partial charge in [0.1, 0.15) is 0 Å². The van der Waals surface area contributed by atoms with E-state index in [1.165, 1.54) is 11.1 Å². The van der Waals surface area contributed by atoms with Crippen LogP contribution in [0.2, 0.25) is 0 Å². The number of likely N-dealkylation sites (N-methyl/N-ethyl adjacent to an activating group) is 1. The van der Waals surface area contributed by atoms with E-state index in [-0.39, 0.29) is 6.04 Å². The van der Waals surface area contributed by atoms with E-state index < -0.39 is 0 Å². The number of benzene rings is 1. The molecule has 7 heteroatoms. The molecule has 3 rings (SSSR count). The fourth-order valence-corrected chi connectivity index (χ4v) is 4.20. The molecule has 2 heterocycles. The average Bonchev–Trinajstić information content (AvgIpc) is 3.15. The summed E-state index contributed by atoms with van der Waals surface area (Å²) in [4.78, 5) is 9.25. The van der Waals surface area contributed by atoms with Gasteiger partial charge in [-0.1, -0.05) is 30.3 Å². The van der Waals surface area contributed by atoms with Gasteiger partial charge < -0.3 is 15.5 Å². The molecule has 1 aromatic carbocycles. The van der Waals surface area contributed by atoms with Crippen molar-refractivity contribution in [1.29, 1.82) is 0 Å². The number of hydrogen-bond donors (Lipinski definition) is 2. The topological polar surface area (TPSA) is 60.7 Å². The predicted molar refractivity (Wildman–Crippen MR) is 123 cm³/mol. The van der Waals surface area contributed by atoms with E-state index in [2.05, 4.69) is 88.1 Å². The third kappa shape index (κ3) is 6.06. The molecule has 0 spiro atoms. The highest BCUT2D eigenvalue weighted by molar-refractivity contribution is 5.80. The van der Waals surface area contributed by atoms with Crippen molar-refractivity contribution in [3.05, 3.63) is 53.9 Å². The summed E-state index contributed by atoms with van der Waals surface area (Å²) < 4.78 is 1.85. The molecule has 0 amide bonds. The van der Waals surface area contributed by atoms with Crippen LogP contribution in [0.4, 0.5) is 0 Å². The second kappa shape index (κ2) is 10.6. The van der Waals surface area contributed by atoms with Crippen LogP contribution in [0.5, 0.6) is 0 Å². The minimum absolute atomic E-state index is 0.240. The molecule has 2 N–H and O–H groups in total. The van der Waals surface area contributed by atoms with Crippen molar-refractivity contribution < 1.29 is 0 Å². The summed E-state index contributed by atoms with van der Waals surface area (Å²) in [5.74, 6) is 0.874. The molecule has 0 radical (unpaired) electrons. The van der Waals surface area contributed by atoms with E-state index in [9.17, 15) is 0 Å². The van der Waals surface area contributed by atoms with Crippen LogP contribution >= 0.6 is 0 Å². The Labute approximate surface area is 181 Å². The molecule has 30 heavy (non-hydrogen) atoms. The van der Waals surface area contributed by atoms with E-state index in [4.69, 9.17) is 0 Å². The van der Waals surface area contributed by atoms with Crippen molar-refractivity contribution in [2.24, 2.45) is 12.0 Å². The first kappa shape index (κ1) is 22.3. The Morgan fingerprint density at radius 1 is 1.30 bits per heavy atom. The van der Waals surface area contributed by atoms with Crippen LogP contribution in [0.3, 0.4) is 0 Å². The normalized spacial score (nSPS) is 21.6. The molecule has 0 saturated carbocycles. The van der Waals surface area contributed by atoms with Gasteiger partial charge in [-0.25, -0.2) is 0 Å². The Morgan fingerprint density at radius 3 is 2.67 bits per heavy atom. The minimum Gasteiger partial charge on any atom is -0.354 e. The molecule has 1 aliphatic rings. The van der Waals surface area contributed by atoms with Crippen LogP contribution in [-0.2, 0) is 13.6 Å². The maximum Gasteiger partial charge on any atom is 0.191 e. The molecule has 2 aromatic rings. The van der Waals surface area contributed by atoms with Crippen LogP contribution in [0.25, 0.3) is 0 Å². The van der Waals surface area contributed by atoms with E-state index >= 15 is 0 Å². The van der Waals surface area contributed by atoms with Crippen molar-refractivity contribution in [3.63, 3.8) is 0 Å². The van der Waals surface area contributed by atoms with E-state index in [0.717, 1.165) is 38.4 Å². The molecule has 3 unspecified atom stereocenters. The summed E-state index contributed by atoms with van der Waals surface area (Å²) in [5.41, 5.74) is 2.59. The summed E-state index contributed by atoms with van der Waals surface area (Å²) >= 11 is 0. The maximum atomic E-state index is 4.47. The van der Waals surface area contributed by atoms with Gasteiger partial charge >= 0.3 is 0 Å². The fraction of sp³-hybridized carbons (Fsp3) is 0.565. The lowest BCUT2D eigenvalue weighted by Gasteiger charge is -2.38. The third-order valence-electron chi connectivity index (χ3n) is 6.00. The summed E-state index contributed by atoms with van der Waals surface area (Å²) in [6.07, 6.45) is 6.25. The SMILES string of the molecule is CN=C(NCC(c1cnn(C)c1)N(C)C)NC1CCN(Cc2ccccc2)C(C)C1. The molecule has 1 saturated heterocycles. The molecular weight excluding hydrogens is 374 g/mol. The number of likely N-dealkylation sites (tertiary alicyclic amines) is 1. The van der Waals surface area contributed by atoms with Crippen LogP contribution in [0.15, 0.2) is 47.7 Å². The second-order valence-electron chi connectivity index (χ2n) is 8.55. The summed E-state index contributed by atoms with van der Waals surface area (Å²) in [6.45, 7) is 5.23. The Bertz CT molecular complexity index is 799. The van der Waals surface area contributed by atoms with Gasteiger partial charge in [0.15, 0.2) is 5.96 Å². The predicted octanol–water partition coefficient (Wildman–Crippen LogP) is 2.24. The first-order chi connectivity index (χ1) is 14.5. The molecule has 0 bridgehead atoms. The zero-order chi connectivity index (χ0) is 21.5. The Morgan fingerprint density at radius 2 is 2.07 bits per heavy atom. The molecule has 0 aliphatic carbocycles. The number of rotatable bonds is 7. The quantitative estimate of drug-likeness (QED) is 0.541. The van der Waals surface area contributed by atoms with Crippen molar-refractivity contribution in [3.8, 4) is 0 Å². The van der Waals surface area contributed by atoms with Crippen molar-refractivity contribution >= 4 is 5.96 Å². The fourth-order valence-electron chi connectivity index (χ4n) is 4.20. The number of nitrogens with zero attached hydrogens (tertiary/aromatic N) is 5. The number of aryl methyl sites for hydroxylation is 1. The highest BCUT2D eigenvalue weighted by Gasteiger charge is 2.26. The summed E-state index contributed by atoms with van der Waals surface area (Å²) in [7, 11) is 7.99. The van der Waals surface area contributed by atoms with Crippen LogP contribution in [-0.4, -0.2) is 71.9 Å². The van der Waals surface area contributed by atoms with Crippen molar-refractivity contribution in [2.45, 2.75) is 44.4 Å². The monoisotopic (exact) mass is 411 g/mol. The zero-order valence-corrected chi connectivity index (χ0v) is 19.0. The molecular formula is C23H37N7. The average molecular weight is 412 g/mol. The lowest BCUT2D eigenvalue weighted by atomic mass is 9.97. The van der Waals surface area contributed by atoms with Crippen LogP contribution < -0.4 is 10.6 Å². The highest BCUT2D eigenvalue weighted by atomic mass is 15.3. The summed E-state index contributed by atoms with van der Waals surface area (Å²) in [5, 5.41) is 11.5. The Hall–Kier alpha value is -2.38. The van der Waals surface area contributed by atoms with E-state index in [1.807, 2.05) is 25.0 Å². The van der Waals surface area contributed by atoms with Crippen molar-refractivity contribution in [1.82, 2.24) is 30.2 Å². The van der Waals surface area contributed by atoms with Gasteiger partial charge in [-0.3, -0.25) is 14.6 Å². The molecule has 1 fully saturated rings. The zero-order valence-electron chi connectivity index (χ0n) is 19.0. The maximum absolute atomic E-state index is 4.47. The van der Waals surface area contributed by atoms with Gasteiger partial charge in [0.25, 0.3) is 0 Å². The largest absolute Gasteiger partial charge is 0.354 e. The minimum atomic E-state index is 0.240. The van der Waals surface area contributed by atoms with Crippen molar-refractivity contribution in [2.75, 3.05) is 34.2 Å². The highest BCUT2D eigenvalue weighted by Crippen LogP contribution is 2.20. The first-order valence-corrected chi connectivity index (χ1v) is 10.9. The van der Waals surface area contributed by atoms with Gasteiger partial charge in [-0.15, -0.1) is 0 Å². The number of aliphatic imine (C=N–C) groups is 1. The second-order valence-corrected chi connectivity index (χ2v) is 8.55. The lowest BCUT2D eigenvalue weighted by molar-refractivity contribution is 0.134. The standard InChI is InChI=1S/C23H37N7/c1-18-13-21(11-12-30(18)16-19-9-7-6-8-10-19)27-23(24-2)25-15-22(28(3)4)20-14-26-29(5)17-20/h6-10,14,17-18,21-22H,11-13,15-16H2,1-5H3,(H2,24,25,27). The van der Waals surface area contributed by atoms with E-state index in [1.54, 1.807) is 0 Å². The number of nitrogens with one attached hydrogen (secondary N) is 2. The number of guanidine groups is 1. The molecule has 164 valence electrons. The van der Waals surface area contributed by atoms with Gasteiger partial charge in [-0.2, -0.15) is 5.10 Å². The first-order valence-electron chi connectivity index (χ1n) is 10.9. The van der Waals surface area contributed by atoms with E-state index in [0.29, 0.717) is 12.1 Å². The third-order valence-corrected chi connectivity index (χ3v) is 6.00. The van der Waals surface area contributed by atoms with Gasteiger partial charge in [0.05, 0.1) is 12.2 Å². The van der Waals surface area contributed by atoms with Crippen LogP contribution in [0.1, 0.15) is 36.9 Å². The number of piperidine rings is 1. The van der Waals surface area contributed by atoms with Gasteiger partial charge in [0.2, 0.25) is 0 Å².